The molecule has 1 rings (SSSR count). The van der Waals surface area contributed by atoms with Crippen molar-refractivity contribution in [2.24, 2.45) is 5.92 Å². The summed E-state index contributed by atoms with van der Waals surface area (Å²) in [6, 6.07) is 5.87. The van der Waals surface area contributed by atoms with Crippen LogP contribution in [0.1, 0.15) is 19.4 Å². The van der Waals surface area contributed by atoms with E-state index in [0.29, 0.717) is 12.3 Å². The van der Waals surface area contributed by atoms with Gasteiger partial charge in [0.05, 0.1) is 7.11 Å². The summed E-state index contributed by atoms with van der Waals surface area (Å²) in [4.78, 5) is 22.6. The second-order valence-electron chi connectivity index (χ2n) is 4.74. The van der Waals surface area contributed by atoms with E-state index >= 15 is 0 Å². The minimum Gasteiger partial charge on any atom is -0.497 e. The van der Waals surface area contributed by atoms with E-state index in [-0.39, 0.29) is 5.92 Å². The molecule has 1 atom stereocenters. The Morgan fingerprint density at radius 3 is 2.60 bits per heavy atom. The number of aliphatic carboxylic acids is 1. The minimum atomic E-state index is -1.04. The average Bonchev–Trinajstić information content (AvgIpc) is 2.42. The molecule has 20 heavy (non-hydrogen) atoms. The van der Waals surface area contributed by atoms with E-state index in [1.165, 1.54) is 0 Å². The Morgan fingerprint density at radius 1 is 1.35 bits per heavy atom. The van der Waals surface area contributed by atoms with Crippen LogP contribution in [-0.2, 0) is 11.3 Å². The molecule has 0 aromatic heterocycles. The van der Waals surface area contributed by atoms with Gasteiger partial charge in [-0.2, -0.15) is 0 Å². The Morgan fingerprint density at radius 2 is 2.05 bits per heavy atom. The van der Waals surface area contributed by atoms with Gasteiger partial charge in [0.1, 0.15) is 11.8 Å². The lowest BCUT2D eigenvalue weighted by molar-refractivity contribution is -0.140. The number of benzene rings is 1. The van der Waals surface area contributed by atoms with Gasteiger partial charge in [0, 0.05) is 6.54 Å². The van der Waals surface area contributed by atoms with Crippen LogP contribution in [0.5, 0.6) is 5.75 Å². The van der Waals surface area contributed by atoms with Gasteiger partial charge in [0.2, 0.25) is 0 Å². The highest BCUT2D eigenvalue weighted by Gasteiger charge is 2.23. The highest BCUT2D eigenvalue weighted by Crippen LogP contribution is 2.12. The first kappa shape index (κ1) is 15.8. The molecule has 110 valence electrons. The zero-order chi connectivity index (χ0) is 15.1. The third-order valence-electron chi connectivity index (χ3n) is 2.81. The number of carbonyl (C=O) groups is 2. The van der Waals surface area contributed by atoms with Crippen molar-refractivity contribution in [3.05, 3.63) is 29.8 Å². The maximum atomic E-state index is 11.7. The normalized spacial score (nSPS) is 11.8. The number of hydrogen-bond donors (Lipinski definition) is 3. The van der Waals surface area contributed by atoms with Crippen molar-refractivity contribution in [1.29, 1.82) is 0 Å². The molecule has 0 fully saturated rings. The lowest BCUT2D eigenvalue weighted by atomic mass is 10.1. The summed E-state index contributed by atoms with van der Waals surface area (Å²) in [5.41, 5.74) is 0.871. The van der Waals surface area contributed by atoms with Crippen molar-refractivity contribution >= 4 is 12.0 Å². The molecule has 3 N–H and O–H groups in total. The van der Waals surface area contributed by atoms with Crippen molar-refractivity contribution in [3.8, 4) is 5.75 Å². The Balaban J connectivity index is 2.52. The molecule has 0 heterocycles. The number of rotatable bonds is 6. The molecule has 6 nitrogen and oxygen atoms in total. The lowest BCUT2D eigenvalue weighted by Gasteiger charge is -2.18. The molecule has 0 saturated heterocycles. The van der Waals surface area contributed by atoms with Crippen molar-refractivity contribution < 1.29 is 19.4 Å². The Kier molecular flexibility index (Phi) is 5.83. The van der Waals surface area contributed by atoms with Crippen LogP contribution in [-0.4, -0.2) is 30.3 Å². The third-order valence-corrected chi connectivity index (χ3v) is 2.81. The van der Waals surface area contributed by atoms with E-state index in [1.54, 1.807) is 27.0 Å². The number of nitrogens with one attached hydrogen (secondary N) is 2. The topological polar surface area (TPSA) is 87.7 Å². The van der Waals surface area contributed by atoms with Gasteiger partial charge < -0.3 is 20.5 Å². The fourth-order valence-corrected chi connectivity index (χ4v) is 1.67. The molecule has 0 aliphatic carbocycles. The molecule has 0 aliphatic rings. The fourth-order valence-electron chi connectivity index (χ4n) is 1.67. The number of amides is 2. The van der Waals surface area contributed by atoms with Crippen LogP contribution in [0.4, 0.5) is 4.79 Å². The number of methoxy groups -OCH3 is 1. The van der Waals surface area contributed by atoms with Gasteiger partial charge in [0.15, 0.2) is 0 Å². The molecule has 6 heteroatoms. The van der Waals surface area contributed by atoms with E-state index in [9.17, 15) is 9.59 Å². The molecule has 0 aliphatic heterocycles. The summed E-state index contributed by atoms with van der Waals surface area (Å²) >= 11 is 0. The maximum absolute atomic E-state index is 11.7. The molecule has 0 radical (unpaired) electrons. The minimum absolute atomic E-state index is 0.185. The van der Waals surface area contributed by atoms with Gasteiger partial charge in [-0.15, -0.1) is 0 Å². The number of ether oxygens (including phenoxy) is 1. The summed E-state index contributed by atoms with van der Waals surface area (Å²) in [6.45, 7) is 3.77. The van der Waals surface area contributed by atoms with E-state index in [2.05, 4.69) is 10.6 Å². The van der Waals surface area contributed by atoms with Crippen molar-refractivity contribution in [1.82, 2.24) is 10.6 Å². The monoisotopic (exact) mass is 280 g/mol. The van der Waals surface area contributed by atoms with E-state index in [4.69, 9.17) is 9.84 Å². The molecule has 0 bridgehead atoms. The molecule has 0 spiro atoms. The first-order valence-electron chi connectivity index (χ1n) is 6.34. The summed E-state index contributed by atoms with van der Waals surface area (Å²) in [5.74, 6) is -0.526. The molecule has 1 aromatic rings. The molecule has 1 unspecified atom stereocenters. The molecule has 2 amide bonds. The van der Waals surface area contributed by atoms with Crippen LogP contribution in [0.2, 0.25) is 0 Å². The predicted molar refractivity (Wildman–Crippen MR) is 74.6 cm³/mol. The SMILES string of the molecule is COc1cccc(CNC(=O)NC(C(=O)O)C(C)C)c1. The van der Waals surface area contributed by atoms with Crippen LogP contribution < -0.4 is 15.4 Å². The van der Waals surface area contributed by atoms with Crippen LogP contribution in [0.15, 0.2) is 24.3 Å². The first-order valence-corrected chi connectivity index (χ1v) is 6.34. The van der Waals surface area contributed by atoms with Crippen molar-refractivity contribution in [3.63, 3.8) is 0 Å². The number of urea groups is 1. The highest BCUT2D eigenvalue weighted by molar-refractivity contribution is 5.82. The zero-order valence-electron chi connectivity index (χ0n) is 11.8. The fraction of sp³-hybridized carbons (Fsp3) is 0.429. The summed E-state index contributed by atoms with van der Waals surface area (Å²) in [7, 11) is 1.57. The van der Waals surface area contributed by atoms with Crippen LogP contribution in [0.25, 0.3) is 0 Å². The van der Waals surface area contributed by atoms with Gasteiger partial charge in [-0.3, -0.25) is 0 Å². The number of hydrogen-bond acceptors (Lipinski definition) is 3. The van der Waals surface area contributed by atoms with E-state index in [1.807, 2.05) is 18.2 Å². The van der Waals surface area contributed by atoms with Gasteiger partial charge >= 0.3 is 12.0 Å². The van der Waals surface area contributed by atoms with Crippen LogP contribution >= 0.6 is 0 Å². The summed E-state index contributed by atoms with van der Waals surface area (Å²) in [5, 5.41) is 14.0. The van der Waals surface area contributed by atoms with Gasteiger partial charge in [0.25, 0.3) is 0 Å². The maximum Gasteiger partial charge on any atom is 0.326 e. The molecule has 1 aromatic carbocycles. The Bertz CT molecular complexity index is 474. The largest absolute Gasteiger partial charge is 0.497 e. The smallest absolute Gasteiger partial charge is 0.326 e. The van der Waals surface area contributed by atoms with Gasteiger partial charge in [-0.05, 0) is 23.6 Å². The highest BCUT2D eigenvalue weighted by atomic mass is 16.5. The second kappa shape index (κ2) is 7.37. The summed E-state index contributed by atoms with van der Waals surface area (Å²) < 4.78 is 5.08. The third kappa shape index (κ3) is 4.79. The average molecular weight is 280 g/mol. The standard InChI is InChI=1S/C14H20N2O4/c1-9(2)12(13(17)18)16-14(19)15-8-10-5-4-6-11(7-10)20-3/h4-7,9,12H,8H2,1-3H3,(H,17,18)(H2,15,16,19). The number of carboxylic acid groups (broad SMARTS) is 1. The predicted octanol–water partition coefficient (Wildman–Crippen LogP) is 1.60. The van der Waals surface area contributed by atoms with Gasteiger partial charge in [-0.25, -0.2) is 9.59 Å². The molecular formula is C14H20N2O4. The lowest BCUT2D eigenvalue weighted by Crippen LogP contribution is -2.48. The number of carbonyl (C=O) groups excluding carboxylic acids is 1. The van der Waals surface area contributed by atoms with E-state index in [0.717, 1.165) is 5.56 Å². The van der Waals surface area contributed by atoms with Crippen LogP contribution in [0.3, 0.4) is 0 Å². The van der Waals surface area contributed by atoms with Crippen LogP contribution in [0, 0.1) is 5.92 Å². The van der Waals surface area contributed by atoms with Gasteiger partial charge in [-0.1, -0.05) is 26.0 Å². The number of carboxylic acids is 1. The Labute approximate surface area is 118 Å². The van der Waals surface area contributed by atoms with E-state index < -0.39 is 18.0 Å². The summed E-state index contributed by atoms with van der Waals surface area (Å²) in [6.07, 6.45) is 0. The van der Waals surface area contributed by atoms with Crippen molar-refractivity contribution in [2.75, 3.05) is 7.11 Å². The Hall–Kier alpha value is -2.24. The first-order chi connectivity index (χ1) is 9.43. The van der Waals surface area contributed by atoms with Crippen molar-refractivity contribution in [2.45, 2.75) is 26.4 Å². The second-order valence-corrected chi connectivity index (χ2v) is 4.74. The molecule has 0 saturated carbocycles. The molecular weight excluding hydrogens is 260 g/mol. The zero-order valence-corrected chi connectivity index (χ0v) is 11.8. The quantitative estimate of drug-likeness (QED) is 0.738.